The van der Waals surface area contributed by atoms with Gasteiger partial charge in [0.2, 0.25) is 5.91 Å². The van der Waals surface area contributed by atoms with E-state index in [1.54, 1.807) is 12.3 Å². The average molecular weight is 314 g/mol. The molecule has 2 heterocycles. The van der Waals surface area contributed by atoms with Crippen LogP contribution in [0.1, 0.15) is 31.2 Å². The van der Waals surface area contributed by atoms with Crippen molar-refractivity contribution in [1.82, 2.24) is 9.88 Å². The normalized spacial score (nSPS) is 18.9. The van der Waals surface area contributed by atoms with Gasteiger partial charge in [-0.05, 0) is 25.0 Å². The number of aromatic nitrogens is 1. The van der Waals surface area contributed by atoms with Gasteiger partial charge >= 0.3 is 0 Å². The number of nitriles is 1. The molecule has 6 heteroatoms. The van der Waals surface area contributed by atoms with Crippen LogP contribution >= 0.6 is 0 Å². The van der Waals surface area contributed by atoms with Crippen molar-refractivity contribution in [2.75, 3.05) is 37.7 Å². The molecule has 0 spiro atoms. The van der Waals surface area contributed by atoms with Gasteiger partial charge in [0.05, 0.1) is 11.7 Å². The summed E-state index contributed by atoms with van der Waals surface area (Å²) in [5.41, 5.74) is 0.562. The van der Waals surface area contributed by atoms with Crippen molar-refractivity contribution in [3.63, 3.8) is 0 Å². The van der Waals surface area contributed by atoms with Crippen molar-refractivity contribution < 1.29 is 9.53 Å². The number of rotatable bonds is 4. The number of amides is 1. The summed E-state index contributed by atoms with van der Waals surface area (Å²) in [5, 5.41) is 8.80. The summed E-state index contributed by atoms with van der Waals surface area (Å²) >= 11 is 0. The molecule has 1 aromatic rings. The molecule has 0 N–H and O–H groups in total. The summed E-state index contributed by atoms with van der Waals surface area (Å²) in [6.07, 6.45) is 6.48. The number of nitrogens with zero attached hydrogens (tertiary/aromatic N) is 4. The smallest absolute Gasteiger partial charge is 0.248 e. The average Bonchev–Trinajstić information content (AvgIpc) is 3.13. The lowest BCUT2D eigenvalue weighted by atomic mass is 10.2. The molecular weight excluding hydrogens is 292 g/mol. The summed E-state index contributed by atoms with van der Waals surface area (Å²) in [4.78, 5) is 20.5. The number of carbonyl (C=O) groups is 1. The van der Waals surface area contributed by atoms with Crippen molar-refractivity contribution in [2.45, 2.75) is 31.8 Å². The highest BCUT2D eigenvalue weighted by atomic mass is 16.5. The maximum absolute atomic E-state index is 12.2. The van der Waals surface area contributed by atoms with Crippen LogP contribution in [0, 0.1) is 11.3 Å². The van der Waals surface area contributed by atoms with Crippen LogP contribution in [0.3, 0.4) is 0 Å². The Kier molecular flexibility index (Phi) is 5.09. The van der Waals surface area contributed by atoms with Crippen LogP contribution in [-0.4, -0.2) is 54.7 Å². The maximum Gasteiger partial charge on any atom is 0.248 e. The lowest BCUT2D eigenvalue weighted by molar-refractivity contribution is -0.138. The molecule has 1 saturated heterocycles. The van der Waals surface area contributed by atoms with E-state index in [9.17, 15) is 4.79 Å². The van der Waals surface area contributed by atoms with Gasteiger partial charge in [-0.1, -0.05) is 12.8 Å². The molecular formula is C17H22N4O2. The van der Waals surface area contributed by atoms with Crippen LogP contribution in [-0.2, 0) is 9.53 Å². The number of carbonyl (C=O) groups excluding carboxylic acids is 1. The van der Waals surface area contributed by atoms with Gasteiger partial charge in [0.25, 0.3) is 0 Å². The number of anilines is 1. The molecule has 0 radical (unpaired) electrons. The molecule has 1 saturated carbocycles. The Morgan fingerprint density at radius 3 is 2.61 bits per heavy atom. The van der Waals surface area contributed by atoms with Crippen LogP contribution in [0.2, 0.25) is 0 Å². The van der Waals surface area contributed by atoms with Crippen LogP contribution in [0.4, 0.5) is 5.82 Å². The molecule has 122 valence electrons. The Labute approximate surface area is 136 Å². The number of ether oxygens (including phenoxy) is 1. The first kappa shape index (κ1) is 15.8. The second-order valence-electron chi connectivity index (χ2n) is 6.10. The lowest BCUT2D eigenvalue weighted by Crippen LogP contribution is -2.50. The van der Waals surface area contributed by atoms with Crippen LogP contribution in [0.5, 0.6) is 0 Å². The van der Waals surface area contributed by atoms with Gasteiger partial charge < -0.3 is 14.5 Å². The third kappa shape index (κ3) is 3.99. The quantitative estimate of drug-likeness (QED) is 0.843. The van der Waals surface area contributed by atoms with Gasteiger partial charge in [-0.3, -0.25) is 4.79 Å². The Bertz CT molecular complexity index is 567. The Morgan fingerprint density at radius 1 is 1.26 bits per heavy atom. The van der Waals surface area contributed by atoms with E-state index in [0.29, 0.717) is 18.7 Å². The first-order valence-electron chi connectivity index (χ1n) is 8.27. The standard InChI is InChI=1S/C17H22N4O2/c18-11-14-5-6-16(19-12-14)20-7-9-21(10-8-20)17(22)13-23-15-3-1-2-4-15/h5-6,12,15H,1-4,7-10,13H2. The van der Waals surface area contributed by atoms with Gasteiger partial charge in [-0.25, -0.2) is 4.98 Å². The fourth-order valence-corrected chi connectivity index (χ4v) is 3.16. The Morgan fingerprint density at radius 2 is 2.00 bits per heavy atom. The number of piperazine rings is 1. The van der Waals surface area contributed by atoms with E-state index in [2.05, 4.69) is 16.0 Å². The lowest BCUT2D eigenvalue weighted by Gasteiger charge is -2.35. The highest BCUT2D eigenvalue weighted by Gasteiger charge is 2.23. The fourth-order valence-electron chi connectivity index (χ4n) is 3.16. The predicted molar refractivity (Wildman–Crippen MR) is 86.0 cm³/mol. The summed E-state index contributed by atoms with van der Waals surface area (Å²) in [7, 11) is 0. The minimum atomic E-state index is 0.0873. The summed E-state index contributed by atoms with van der Waals surface area (Å²) in [6, 6.07) is 5.70. The zero-order chi connectivity index (χ0) is 16.1. The second kappa shape index (κ2) is 7.42. The summed E-state index contributed by atoms with van der Waals surface area (Å²) in [6.45, 7) is 3.10. The van der Waals surface area contributed by atoms with Crippen molar-refractivity contribution in [1.29, 1.82) is 5.26 Å². The number of hydrogen-bond donors (Lipinski definition) is 0. The third-order valence-corrected chi connectivity index (χ3v) is 4.58. The molecule has 0 unspecified atom stereocenters. The molecule has 1 amide bonds. The zero-order valence-corrected chi connectivity index (χ0v) is 13.3. The molecule has 1 aliphatic heterocycles. The van der Waals surface area contributed by atoms with Crippen molar-refractivity contribution in [2.24, 2.45) is 0 Å². The SMILES string of the molecule is N#Cc1ccc(N2CCN(C(=O)COC3CCCC3)CC2)nc1. The molecule has 2 fully saturated rings. The van der Waals surface area contributed by atoms with Gasteiger partial charge in [0.15, 0.2) is 0 Å². The third-order valence-electron chi connectivity index (χ3n) is 4.58. The maximum atomic E-state index is 12.2. The fraction of sp³-hybridized carbons (Fsp3) is 0.588. The van der Waals surface area contributed by atoms with Crippen LogP contribution < -0.4 is 4.90 Å². The molecule has 0 bridgehead atoms. The van der Waals surface area contributed by atoms with Gasteiger partial charge in [0.1, 0.15) is 18.5 Å². The second-order valence-corrected chi connectivity index (χ2v) is 6.10. The van der Waals surface area contributed by atoms with Gasteiger partial charge in [0, 0.05) is 32.4 Å². The van der Waals surface area contributed by atoms with E-state index < -0.39 is 0 Å². The largest absolute Gasteiger partial charge is 0.368 e. The van der Waals surface area contributed by atoms with Crippen LogP contribution in [0.25, 0.3) is 0 Å². The minimum absolute atomic E-state index is 0.0873. The van der Waals surface area contributed by atoms with E-state index in [4.69, 9.17) is 10.00 Å². The molecule has 3 rings (SSSR count). The molecule has 2 aliphatic rings. The van der Waals surface area contributed by atoms with E-state index >= 15 is 0 Å². The molecule has 0 atom stereocenters. The van der Waals surface area contributed by atoms with Crippen molar-refractivity contribution in [3.05, 3.63) is 23.9 Å². The summed E-state index contributed by atoms with van der Waals surface area (Å²) in [5.74, 6) is 0.947. The highest BCUT2D eigenvalue weighted by molar-refractivity contribution is 5.77. The monoisotopic (exact) mass is 314 g/mol. The van der Waals surface area contributed by atoms with E-state index in [0.717, 1.165) is 31.7 Å². The van der Waals surface area contributed by atoms with Gasteiger partial charge in [-0.15, -0.1) is 0 Å². The van der Waals surface area contributed by atoms with Crippen molar-refractivity contribution in [3.8, 4) is 6.07 Å². The number of pyridine rings is 1. The number of hydrogen-bond acceptors (Lipinski definition) is 5. The molecule has 6 nitrogen and oxygen atoms in total. The molecule has 23 heavy (non-hydrogen) atoms. The van der Waals surface area contributed by atoms with Gasteiger partial charge in [-0.2, -0.15) is 5.26 Å². The molecule has 1 aromatic heterocycles. The van der Waals surface area contributed by atoms with E-state index in [1.807, 2.05) is 11.0 Å². The first-order chi connectivity index (χ1) is 11.3. The molecule has 0 aromatic carbocycles. The van der Waals surface area contributed by atoms with E-state index in [-0.39, 0.29) is 18.6 Å². The minimum Gasteiger partial charge on any atom is -0.368 e. The highest BCUT2D eigenvalue weighted by Crippen LogP contribution is 2.21. The Balaban J connectivity index is 1.45. The van der Waals surface area contributed by atoms with Crippen LogP contribution in [0.15, 0.2) is 18.3 Å². The molecule has 1 aliphatic carbocycles. The Hall–Kier alpha value is -2.13. The first-order valence-corrected chi connectivity index (χ1v) is 8.27. The topological polar surface area (TPSA) is 69.5 Å². The zero-order valence-electron chi connectivity index (χ0n) is 13.3. The van der Waals surface area contributed by atoms with E-state index in [1.165, 1.54) is 12.8 Å². The summed E-state index contributed by atoms with van der Waals surface area (Å²) < 4.78 is 5.71. The van der Waals surface area contributed by atoms with Crippen molar-refractivity contribution >= 4 is 11.7 Å². The predicted octanol–water partition coefficient (Wildman–Crippen LogP) is 1.56.